The molecule has 2 heterocycles. The Morgan fingerprint density at radius 1 is 0.578 bits per heavy atom. The van der Waals surface area contributed by atoms with Crippen LogP contribution in [0.15, 0.2) is 95.7 Å². The number of anilines is 2. The van der Waals surface area contributed by atoms with Gasteiger partial charge in [-0.25, -0.2) is 9.97 Å². The third-order valence-corrected chi connectivity index (χ3v) is 8.77. The maximum Gasteiger partial charge on any atom is 0.257 e. The van der Waals surface area contributed by atoms with E-state index < -0.39 is 0 Å². The van der Waals surface area contributed by atoms with Crippen LogP contribution in [0.2, 0.25) is 0 Å². The molecule has 2 N–H and O–H groups in total. The fourth-order valence-corrected chi connectivity index (χ4v) is 6.17. The average Bonchev–Trinajstić information content (AvgIpc) is 3.70. The number of aromatic nitrogens is 2. The average molecular weight is 631 g/mol. The lowest BCUT2D eigenvalue weighted by Gasteiger charge is -2.08. The molecule has 2 aromatic heterocycles. The molecule has 0 aliphatic carbocycles. The Morgan fingerprint density at radius 2 is 0.978 bits per heavy atom. The first-order valence-electron chi connectivity index (χ1n) is 14.3. The minimum Gasteiger partial charge on any atom is -0.457 e. The number of thiazole rings is 2. The smallest absolute Gasteiger partial charge is 0.257 e. The van der Waals surface area contributed by atoms with Crippen molar-refractivity contribution in [2.45, 2.75) is 27.7 Å². The van der Waals surface area contributed by atoms with Crippen LogP contribution in [0.25, 0.3) is 22.5 Å². The molecular weight excluding hydrogens is 601 g/mol. The van der Waals surface area contributed by atoms with Gasteiger partial charge in [-0.1, -0.05) is 35.4 Å². The quantitative estimate of drug-likeness (QED) is 0.175. The van der Waals surface area contributed by atoms with E-state index in [0.29, 0.717) is 32.9 Å². The maximum absolute atomic E-state index is 12.9. The van der Waals surface area contributed by atoms with E-state index in [-0.39, 0.29) is 11.8 Å². The highest BCUT2D eigenvalue weighted by Gasteiger charge is 2.14. The Bertz CT molecular complexity index is 1870. The number of carbonyl (C=O) groups is 2. The van der Waals surface area contributed by atoms with E-state index in [0.717, 1.165) is 44.8 Å². The number of ether oxygens (including phenoxy) is 1. The summed E-state index contributed by atoms with van der Waals surface area (Å²) in [7, 11) is 0. The lowest BCUT2D eigenvalue weighted by atomic mass is 10.0. The van der Waals surface area contributed by atoms with Gasteiger partial charge in [0.15, 0.2) is 10.3 Å². The number of hydrogen-bond acceptors (Lipinski definition) is 7. The summed E-state index contributed by atoms with van der Waals surface area (Å²) in [4.78, 5) is 34.9. The number of carbonyl (C=O) groups excluding carboxylic acids is 2. The topological polar surface area (TPSA) is 93.2 Å². The molecule has 224 valence electrons. The van der Waals surface area contributed by atoms with E-state index >= 15 is 0 Å². The highest BCUT2D eigenvalue weighted by Crippen LogP contribution is 2.30. The summed E-state index contributed by atoms with van der Waals surface area (Å²) in [5.41, 5.74) is 9.37. The van der Waals surface area contributed by atoms with Crippen LogP contribution in [0.4, 0.5) is 10.3 Å². The highest BCUT2D eigenvalue weighted by molar-refractivity contribution is 7.14. The molecule has 0 aliphatic rings. The van der Waals surface area contributed by atoms with Crippen LogP contribution in [-0.4, -0.2) is 21.8 Å². The zero-order valence-electron chi connectivity index (χ0n) is 25.2. The molecular formula is C36H30N4O3S2. The van der Waals surface area contributed by atoms with Gasteiger partial charge in [0.2, 0.25) is 0 Å². The number of nitrogens with one attached hydrogen (secondary N) is 2. The Labute approximate surface area is 269 Å². The van der Waals surface area contributed by atoms with Gasteiger partial charge in [-0.05, 0) is 99.5 Å². The Morgan fingerprint density at radius 3 is 1.38 bits per heavy atom. The fourth-order valence-electron chi connectivity index (χ4n) is 4.76. The van der Waals surface area contributed by atoms with Crippen molar-refractivity contribution in [2.24, 2.45) is 0 Å². The number of amides is 2. The van der Waals surface area contributed by atoms with Crippen molar-refractivity contribution in [3.63, 3.8) is 0 Å². The minimum absolute atomic E-state index is 0.250. The fraction of sp³-hybridized carbons (Fsp3) is 0.111. The van der Waals surface area contributed by atoms with E-state index in [2.05, 4.69) is 57.0 Å². The van der Waals surface area contributed by atoms with Gasteiger partial charge in [-0.2, -0.15) is 0 Å². The Hall–Kier alpha value is -5.12. The first kappa shape index (κ1) is 29.9. The van der Waals surface area contributed by atoms with Crippen molar-refractivity contribution < 1.29 is 14.3 Å². The van der Waals surface area contributed by atoms with Crippen molar-refractivity contribution >= 4 is 44.8 Å². The van der Waals surface area contributed by atoms with Crippen molar-refractivity contribution in [3.05, 3.63) is 129 Å². The highest BCUT2D eigenvalue weighted by atomic mass is 32.1. The summed E-state index contributed by atoms with van der Waals surface area (Å²) in [5.74, 6) is 0.634. The summed E-state index contributed by atoms with van der Waals surface area (Å²) in [6.07, 6.45) is 0. The molecule has 9 heteroatoms. The van der Waals surface area contributed by atoms with Gasteiger partial charge in [-0.15, -0.1) is 22.7 Å². The van der Waals surface area contributed by atoms with Crippen LogP contribution in [0.1, 0.15) is 43.0 Å². The second kappa shape index (κ2) is 12.9. The second-order valence-electron chi connectivity index (χ2n) is 10.8. The van der Waals surface area contributed by atoms with Crippen LogP contribution < -0.4 is 15.4 Å². The molecule has 4 aromatic carbocycles. The minimum atomic E-state index is -0.250. The molecule has 2 amide bonds. The number of hydrogen-bond donors (Lipinski definition) is 2. The largest absolute Gasteiger partial charge is 0.457 e. The predicted molar refractivity (Wildman–Crippen MR) is 183 cm³/mol. The van der Waals surface area contributed by atoms with Crippen LogP contribution >= 0.6 is 22.7 Å². The van der Waals surface area contributed by atoms with Gasteiger partial charge < -0.3 is 4.74 Å². The van der Waals surface area contributed by atoms with Crippen molar-refractivity contribution in [3.8, 4) is 34.0 Å². The molecule has 0 spiro atoms. The lowest BCUT2D eigenvalue weighted by molar-refractivity contribution is 0.101. The Balaban J connectivity index is 1.04. The molecule has 0 unspecified atom stereocenters. The predicted octanol–water partition coefficient (Wildman–Crippen LogP) is 9.46. The van der Waals surface area contributed by atoms with E-state index in [1.165, 1.54) is 22.7 Å². The van der Waals surface area contributed by atoms with Crippen LogP contribution in [0, 0.1) is 27.7 Å². The summed E-state index contributed by atoms with van der Waals surface area (Å²) in [6, 6.07) is 26.2. The number of benzene rings is 4. The van der Waals surface area contributed by atoms with E-state index in [1.54, 1.807) is 48.5 Å². The second-order valence-corrected chi connectivity index (χ2v) is 12.5. The lowest BCUT2D eigenvalue weighted by Crippen LogP contribution is -2.11. The van der Waals surface area contributed by atoms with Crippen molar-refractivity contribution in [2.75, 3.05) is 10.6 Å². The monoisotopic (exact) mass is 630 g/mol. The first-order valence-corrected chi connectivity index (χ1v) is 16.0. The third-order valence-electron chi connectivity index (χ3n) is 7.26. The zero-order valence-corrected chi connectivity index (χ0v) is 26.8. The molecule has 0 atom stereocenters. The van der Waals surface area contributed by atoms with Gasteiger partial charge in [-0.3, -0.25) is 20.2 Å². The molecule has 0 aliphatic heterocycles. The molecule has 6 rings (SSSR count). The van der Waals surface area contributed by atoms with Crippen LogP contribution in [-0.2, 0) is 0 Å². The van der Waals surface area contributed by atoms with Gasteiger partial charge in [0.1, 0.15) is 11.5 Å². The van der Waals surface area contributed by atoms with Crippen LogP contribution in [0.5, 0.6) is 11.5 Å². The molecule has 0 radical (unpaired) electrons. The van der Waals surface area contributed by atoms with E-state index in [9.17, 15) is 9.59 Å². The van der Waals surface area contributed by atoms with E-state index in [4.69, 9.17) is 4.74 Å². The summed E-state index contributed by atoms with van der Waals surface area (Å²) in [5, 5.41) is 10.7. The molecule has 6 aromatic rings. The summed E-state index contributed by atoms with van der Waals surface area (Å²) < 4.78 is 5.95. The van der Waals surface area contributed by atoms with Crippen molar-refractivity contribution in [1.29, 1.82) is 0 Å². The molecule has 45 heavy (non-hydrogen) atoms. The van der Waals surface area contributed by atoms with Gasteiger partial charge in [0.05, 0.1) is 11.4 Å². The van der Waals surface area contributed by atoms with Gasteiger partial charge in [0, 0.05) is 33.0 Å². The zero-order chi connectivity index (χ0) is 31.5. The summed E-state index contributed by atoms with van der Waals surface area (Å²) >= 11 is 2.78. The standard InChI is InChI=1S/C36H30N4O3S2/c1-21-5-7-23(3)29(17-21)31-19-44-35(37-31)39-33(41)25-9-13-27(14-10-25)43-28-15-11-26(12-16-28)34(42)40-36-38-32(20-45-36)30-18-22(2)6-8-24(30)4/h5-20H,1-4H3,(H,37,39,41)(H,38,40,42). The van der Waals surface area contributed by atoms with Crippen molar-refractivity contribution in [1.82, 2.24) is 9.97 Å². The first-order chi connectivity index (χ1) is 21.7. The van der Waals surface area contributed by atoms with Gasteiger partial charge >= 0.3 is 0 Å². The summed E-state index contributed by atoms with van der Waals surface area (Å²) in [6.45, 7) is 8.19. The number of aryl methyl sites for hydroxylation is 4. The van der Waals surface area contributed by atoms with Gasteiger partial charge in [0.25, 0.3) is 11.8 Å². The molecule has 0 bridgehead atoms. The number of nitrogens with zero attached hydrogens (tertiary/aromatic N) is 2. The number of rotatable bonds is 8. The van der Waals surface area contributed by atoms with Crippen LogP contribution in [0.3, 0.4) is 0 Å². The molecule has 7 nitrogen and oxygen atoms in total. The van der Waals surface area contributed by atoms with E-state index in [1.807, 2.05) is 38.5 Å². The molecule has 0 saturated carbocycles. The normalized spacial score (nSPS) is 10.8. The molecule has 0 fully saturated rings. The molecule has 0 saturated heterocycles. The third kappa shape index (κ3) is 7.01. The maximum atomic E-state index is 12.9. The Kier molecular flexibility index (Phi) is 8.55. The SMILES string of the molecule is Cc1ccc(C)c(-c2csc(NC(=O)c3ccc(Oc4ccc(C(=O)Nc5nc(-c6cc(C)ccc6C)cs5)cc4)cc3)n2)c1.